The van der Waals surface area contributed by atoms with E-state index in [-0.39, 0.29) is 29.7 Å². The van der Waals surface area contributed by atoms with Crippen molar-refractivity contribution in [1.82, 2.24) is 9.62 Å². The van der Waals surface area contributed by atoms with E-state index in [0.29, 0.717) is 25.1 Å². The minimum atomic E-state index is -3.78. The summed E-state index contributed by atoms with van der Waals surface area (Å²) in [4.78, 5) is 12.7. The zero-order chi connectivity index (χ0) is 21.0. The van der Waals surface area contributed by atoms with Crippen molar-refractivity contribution < 1.29 is 22.3 Å². The normalized spacial score (nSPS) is 17.7. The summed E-state index contributed by atoms with van der Waals surface area (Å²) in [6.07, 6.45) is 1.22. The summed E-state index contributed by atoms with van der Waals surface area (Å²) in [6.45, 7) is 2.57. The number of sulfonamides is 1. The molecule has 0 unspecified atom stereocenters. The minimum absolute atomic E-state index is 0.118. The molecule has 2 aromatic rings. The molecule has 1 aliphatic heterocycles. The van der Waals surface area contributed by atoms with Crippen LogP contribution in [0.5, 0.6) is 5.75 Å². The van der Waals surface area contributed by atoms with Gasteiger partial charge in [-0.05, 0) is 55.2 Å². The van der Waals surface area contributed by atoms with E-state index in [0.717, 1.165) is 11.1 Å². The van der Waals surface area contributed by atoms with Gasteiger partial charge in [0.15, 0.2) is 0 Å². The van der Waals surface area contributed by atoms with Crippen LogP contribution in [0, 0.1) is 18.7 Å². The Kier molecular flexibility index (Phi) is 6.54. The zero-order valence-corrected chi connectivity index (χ0v) is 17.3. The number of nitrogens with one attached hydrogen (secondary N) is 1. The molecule has 0 aliphatic carbocycles. The second-order valence-corrected chi connectivity index (χ2v) is 9.11. The summed E-state index contributed by atoms with van der Waals surface area (Å²) in [6, 6.07) is 10.9. The molecule has 1 N–H and O–H groups in total. The van der Waals surface area contributed by atoms with Crippen molar-refractivity contribution in [3.63, 3.8) is 0 Å². The van der Waals surface area contributed by atoms with Crippen LogP contribution in [0.3, 0.4) is 0 Å². The molecule has 0 bridgehead atoms. The molecule has 0 spiro atoms. The van der Waals surface area contributed by atoms with Gasteiger partial charge < -0.3 is 10.1 Å². The van der Waals surface area contributed by atoms with Crippen molar-refractivity contribution in [3.8, 4) is 5.75 Å². The average molecular weight is 421 g/mol. The predicted molar refractivity (Wildman–Crippen MR) is 107 cm³/mol. The number of nitrogens with zero attached hydrogens (tertiary/aromatic N) is 1. The van der Waals surface area contributed by atoms with Crippen molar-refractivity contribution >= 4 is 15.9 Å². The van der Waals surface area contributed by atoms with Gasteiger partial charge in [0.05, 0.1) is 13.0 Å². The third kappa shape index (κ3) is 4.94. The molecule has 2 aromatic carbocycles. The molecular formula is C21H25FN2O4S. The number of ether oxygens (including phenoxy) is 1. The molecule has 1 saturated heterocycles. The maximum atomic E-state index is 13.2. The topological polar surface area (TPSA) is 75.7 Å². The SMILES string of the molecule is COc1ccc(C)cc1S(=O)(=O)N1CCC[C@@H](C(=O)NCc2ccc(F)cc2)C1. The number of benzene rings is 2. The first kappa shape index (κ1) is 21.3. The fraction of sp³-hybridized carbons (Fsp3) is 0.381. The molecule has 8 heteroatoms. The molecule has 0 saturated carbocycles. The predicted octanol–water partition coefficient (Wildman–Crippen LogP) is 2.86. The number of halogens is 1. The summed E-state index contributed by atoms with van der Waals surface area (Å²) in [5.41, 5.74) is 1.60. The Labute approximate surface area is 170 Å². The number of aryl methyl sites for hydroxylation is 1. The number of piperidine rings is 1. The second-order valence-electron chi connectivity index (χ2n) is 7.20. The Bertz CT molecular complexity index is 977. The highest BCUT2D eigenvalue weighted by molar-refractivity contribution is 7.89. The molecule has 156 valence electrons. The summed E-state index contributed by atoms with van der Waals surface area (Å²) in [5, 5.41) is 2.82. The molecule has 29 heavy (non-hydrogen) atoms. The third-order valence-corrected chi connectivity index (χ3v) is 6.96. The van der Waals surface area contributed by atoms with Gasteiger partial charge in [-0.15, -0.1) is 0 Å². The zero-order valence-electron chi connectivity index (χ0n) is 16.5. The van der Waals surface area contributed by atoms with E-state index < -0.39 is 15.9 Å². The van der Waals surface area contributed by atoms with Crippen LogP contribution in [-0.2, 0) is 21.4 Å². The molecule has 1 heterocycles. The largest absolute Gasteiger partial charge is 0.495 e. The quantitative estimate of drug-likeness (QED) is 0.780. The lowest BCUT2D eigenvalue weighted by atomic mass is 9.99. The average Bonchev–Trinajstić information content (AvgIpc) is 2.73. The molecule has 1 atom stereocenters. The van der Waals surface area contributed by atoms with Gasteiger partial charge >= 0.3 is 0 Å². The summed E-state index contributed by atoms with van der Waals surface area (Å²) >= 11 is 0. The highest BCUT2D eigenvalue weighted by Gasteiger charge is 2.34. The van der Waals surface area contributed by atoms with Gasteiger partial charge in [0.1, 0.15) is 16.5 Å². The molecule has 3 rings (SSSR count). The number of hydrogen-bond donors (Lipinski definition) is 1. The Morgan fingerprint density at radius 1 is 1.24 bits per heavy atom. The first-order chi connectivity index (χ1) is 13.8. The standard InChI is InChI=1S/C21H25FN2O4S/c1-15-5-10-19(28-2)20(12-15)29(26,27)24-11-3-4-17(14-24)21(25)23-13-16-6-8-18(22)9-7-16/h5-10,12,17H,3-4,11,13-14H2,1-2H3,(H,23,25)/t17-/m1/s1. The number of carbonyl (C=O) groups excluding carboxylic acids is 1. The van der Waals surface area contributed by atoms with Gasteiger partial charge in [-0.2, -0.15) is 4.31 Å². The fourth-order valence-corrected chi connectivity index (χ4v) is 5.20. The fourth-order valence-electron chi connectivity index (χ4n) is 3.44. The Morgan fingerprint density at radius 3 is 2.66 bits per heavy atom. The monoisotopic (exact) mass is 420 g/mol. The van der Waals surface area contributed by atoms with E-state index in [9.17, 15) is 17.6 Å². The number of amides is 1. The van der Waals surface area contributed by atoms with Crippen LogP contribution in [-0.4, -0.2) is 38.8 Å². The van der Waals surface area contributed by atoms with Gasteiger partial charge in [-0.3, -0.25) is 4.79 Å². The number of carbonyl (C=O) groups is 1. The summed E-state index contributed by atoms with van der Waals surface area (Å²) in [5.74, 6) is -0.682. The van der Waals surface area contributed by atoms with Crippen molar-refractivity contribution in [2.75, 3.05) is 20.2 Å². The van der Waals surface area contributed by atoms with Gasteiger partial charge in [0.25, 0.3) is 0 Å². The molecule has 1 fully saturated rings. The van der Waals surface area contributed by atoms with Crippen molar-refractivity contribution in [3.05, 3.63) is 59.4 Å². The van der Waals surface area contributed by atoms with Gasteiger partial charge in [0, 0.05) is 19.6 Å². The molecule has 0 radical (unpaired) electrons. The lowest BCUT2D eigenvalue weighted by Gasteiger charge is -2.31. The molecular weight excluding hydrogens is 395 g/mol. The molecule has 6 nitrogen and oxygen atoms in total. The number of methoxy groups -OCH3 is 1. The van der Waals surface area contributed by atoms with Crippen LogP contribution >= 0.6 is 0 Å². The van der Waals surface area contributed by atoms with Crippen LogP contribution in [0.4, 0.5) is 4.39 Å². The van der Waals surface area contributed by atoms with Crippen molar-refractivity contribution in [2.24, 2.45) is 5.92 Å². The first-order valence-electron chi connectivity index (χ1n) is 9.48. The Hall–Kier alpha value is -2.45. The van der Waals surface area contributed by atoms with Crippen LogP contribution in [0.25, 0.3) is 0 Å². The van der Waals surface area contributed by atoms with Crippen LogP contribution in [0.1, 0.15) is 24.0 Å². The third-order valence-electron chi connectivity index (χ3n) is 5.07. The van der Waals surface area contributed by atoms with Gasteiger partial charge in [-0.25, -0.2) is 12.8 Å². The van der Waals surface area contributed by atoms with E-state index in [4.69, 9.17) is 4.74 Å². The van der Waals surface area contributed by atoms with E-state index in [1.165, 1.54) is 23.5 Å². The lowest BCUT2D eigenvalue weighted by Crippen LogP contribution is -2.45. The summed E-state index contributed by atoms with van der Waals surface area (Å²) in [7, 11) is -2.34. The van der Waals surface area contributed by atoms with Crippen LogP contribution in [0.15, 0.2) is 47.4 Å². The first-order valence-corrected chi connectivity index (χ1v) is 10.9. The minimum Gasteiger partial charge on any atom is -0.495 e. The maximum Gasteiger partial charge on any atom is 0.246 e. The number of hydrogen-bond acceptors (Lipinski definition) is 4. The van der Waals surface area contributed by atoms with Crippen LogP contribution in [0.2, 0.25) is 0 Å². The van der Waals surface area contributed by atoms with Gasteiger partial charge in [-0.1, -0.05) is 18.2 Å². The van der Waals surface area contributed by atoms with Crippen molar-refractivity contribution in [2.45, 2.75) is 31.2 Å². The molecule has 1 aliphatic rings. The summed E-state index contributed by atoms with van der Waals surface area (Å²) < 4.78 is 45.9. The number of rotatable bonds is 6. The lowest BCUT2D eigenvalue weighted by molar-refractivity contribution is -0.126. The maximum absolute atomic E-state index is 13.2. The molecule has 1 amide bonds. The molecule has 0 aromatic heterocycles. The van der Waals surface area contributed by atoms with E-state index in [1.54, 1.807) is 30.3 Å². The highest BCUT2D eigenvalue weighted by Crippen LogP contribution is 2.30. The Balaban J connectivity index is 1.70. The van der Waals surface area contributed by atoms with Crippen molar-refractivity contribution in [1.29, 1.82) is 0 Å². The Morgan fingerprint density at radius 2 is 1.97 bits per heavy atom. The smallest absolute Gasteiger partial charge is 0.246 e. The van der Waals surface area contributed by atoms with E-state index >= 15 is 0 Å². The van der Waals surface area contributed by atoms with E-state index in [1.807, 2.05) is 6.92 Å². The van der Waals surface area contributed by atoms with Crippen LogP contribution < -0.4 is 10.1 Å². The van der Waals surface area contributed by atoms with Gasteiger partial charge in [0.2, 0.25) is 15.9 Å². The second kappa shape index (κ2) is 8.92. The highest BCUT2D eigenvalue weighted by atomic mass is 32.2. The van der Waals surface area contributed by atoms with E-state index in [2.05, 4.69) is 5.32 Å².